The summed E-state index contributed by atoms with van der Waals surface area (Å²) in [5.74, 6) is 2.83. The van der Waals surface area contributed by atoms with Crippen molar-refractivity contribution in [1.82, 2.24) is 9.97 Å². The summed E-state index contributed by atoms with van der Waals surface area (Å²) >= 11 is 0. The molecule has 1 aliphatic carbocycles. The third-order valence-corrected chi connectivity index (χ3v) is 3.36. The second-order valence-corrected chi connectivity index (χ2v) is 5.11. The molecule has 0 bridgehead atoms. The highest BCUT2D eigenvalue weighted by Crippen LogP contribution is 2.38. The van der Waals surface area contributed by atoms with E-state index in [-0.39, 0.29) is 0 Å². The fourth-order valence-corrected chi connectivity index (χ4v) is 2.10. The summed E-state index contributed by atoms with van der Waals surface area (Å²) in [4.78, 5) is 11.2. The topological polar surface area (TPSA) is 73.5 Å². The number of methoxy groups -OCH3 is 2. The van der Waals surface area contributed by atoms with Crippen LogP contribution in [-0.4, -0.2) is 50.5 Å². The molecule has 0 radical (unpaired) electrons. The molecule has 2 N–H and O–H groups in total. The smallest absolute Gasteiger partial charge is 0.136 e. The Morgan fingerprint density at radius 3 is 2.60 bits per heavy atom. The first-order valence-electron chi connectivity index (χ1n) is 7.12. The van der Waals surface area contributed by atoms with E-state index in [9.17, 15) is 0 Å². The third kappa shape index (κ3) is 4.31. The van der Waals surface area contributed by atoms with Gasteiger partial charge in [-0.2, -0.15) is 0 Å². The average Bonchev–Trinajstić information content (AvgIpc) is 3.26. The molecule has 0 saturated heterocycles. The first-order chi connectivity index (χ1) is 9.74. The second kappa shape index (κ2) is 7.40. The standard InChI is InChI=1S/C14H24N4O2/c1-19-8-3-6-18(7-9-20-2)13-10-12(15)16-14(17-13)11-4-5-11/h10-11H,3-9H2,1-2H3,(H2,15,16,17). The van der Waals surface area contributed by atoms with E-state index in [0.717, 1.165) is 37.8 Å². The number of ether oxygens (including phenoxy) is 2. The van der Waals surface area contributed by atoms with Crippen LogP contribution in [0.5, 0.6) is 0 Å². The van der Waals surface area contributed by atoms with Crippen LogP contribution in [0.4, 0.5) is 11.6 Å². The maximum Gasteiger partial charge on any atom is 0.136 e. The van der Waals surface area contributed by atoms with Crippen molar-refractivity contribution >= 4 is 11.6 Å². The molecule has 0 spiro atoms. The van der Waals surface area contributed by atoms with Crippen molar-refractivity contribution in [3.8, 4) is 0 Å². The van der Waals surface area contributed by atoms with E-state index in [1.54, 1.807) is 14.2 Å². The number of nitrogens with two attached hydrogens (primary N) is 1. The van der Waals surface area contributed by atoms with Gasteiger partial charge in [0.15, 0.2) is 0 Å². The molecule has 0 atom stereocenters. The van der Waals surface area contributed by atoms with E-state index in [1.807, 2.05) is 6.07 Å². The molecule has 0 aliphatic heterocycles. The summed E-state index contributed by atoms with van der Waals surface area (Å²) < 4.78 is 10.3. The van der Waals surface area contributed by atoms with Crippen LogP contribution < -0.4 is 10.6 Å². The quantitative estimate of drug-likeness (QED) is 0.690. The van der Waals surface area contributed by atoms with Crippen molar-refractivity contribution in [2.45, 2.75) is 25.2 Å². The number of hydrogen-bond acceptors (Lipinski definition) is 6. The van der Waals surface area contributed by atoms with Gasteiger partial charge >= 0.3 is 0 Å². The lowest BCUT2D eigenvalue weighted by Gasteiger charge is -2.24. The van der Waals surface area contributed by atoms with Crippen LogP contribution in [0, 0.1) is 0 Å². The van der Waals surface area contributed by atoms with E-state index in [4.69, 9.17) is 15.2 Å². The molecule has 6 nitrogen and oxygen atoms in total. The van der Waals surface area contributed by atoms with Crippen molar-refractivity contribution in [1.29, 1.82) is 0 Å². The number of hydrogen-bond donors (Lipinski definition) is 1. The number of rotatable bonds is 9. The molecule has 2 rings (SSSR count). The molecule has 1 aromatic heterocycles. The van der Waals surface area contributed by atoms with Crippen LogP contribution >= 0.6 is 0 Å². The summed E-state index contributed by atoms with van der Waals surface area (Å²) in [6, 6.07) is 1.84. The molecule has 112 valence electrons. The largest absolute Gasteiger partial charge is 0.385 e. The molecule has 0 amide bonds. The molecule has 1 heterocycles. The van der Waals surface area contributed by atoms with Gasteiger partial charge in [-0.15, -0.1) is 0 Å². The van der Waals surface area contributed by atoms with Crippen molar-refractivity contribution in [2.75, 3.05) is 51.2 Å². The summed E-state index contributed by atoms with van der Waals surface area (Å²) in [6.45, 7) is 3.06. The van der Waals surface area contributed by atoms with Crippen molar-refractivity contribution in [3.05, 3.63) is 11.9 Å². The van der Waals surface area contributed by atoms with Crippen LogP contribution in [-0.2, 0) is 9.47 Å². The first-order valence-corrected chi connectivity index (χ1v) is 7.12. The number of anilines is 2. The Kier molecular flexibility index (Phi) is 5.55. The van der Waals surface area contributed by atoms with Crippen molar-refractivity contribution in [2.24, 2.45) is 0 Å². The molecule has 0 aromatic carbocycles. The van der Waals surface area contributed by atoms with Crippen LogP contribution in [0.25, 0.3) is 0 Å². The minimum Gasteiger partial charge on any atom is -0.385 e. The van der Waals surface area contributed by atoms with Crippen molar-refractivity contribution < 1.29 is 9.47 Å². The Hall–Kier alpha value is -1.40. The zero-order chi connectivity index (χ0) is 14.4. The Morgan fingerprint density at radius 1 is 1.20 bits per heavy atom. The van der Waals surface area contributed by atoms with Crippen LogP contribution in [0.3, 0.4) is 0 Å². The highest BCUT2D eigenvalue weighted by atomic mass is 16.5. The molecule has 0 unspecified atom stereocenters. The lowest BCUT2D eigenvalue weighted by atomic mass is 10.3. The highest BCUT2D eigenvalue weighted by molar-refractivity contribution is 5.47. The fraction of sp³-hybridized carbons (Fsp3) is 0.714. The molecule has 1 saturated carbocycles. The Labute approximate surface area is 120 Å². The number of nitrogen functional groups attached to an aromatic ring is 1. The lowest BCUT2D eigenvalue weighted by molar-refractivity contribution is 0.191. The molecule has 1 aromatic rings. The molecule has 1 aliphatic rings. The Morgan fingerprint density at radius 2 is 1.95 bits per heavy atom. The van der Waals surface area contributed by atoms with Gasteiger partial charge in [-0.1, -0.05) is 0 Å². The predicted octanol–water partition coefficient (Wildman–Crippen LogP) is 1.43. The van der Waals surface area contributed by atoms with Gasteiger partial charge in [0.2, 0.25) is 0 Å². The van der Waals surface area contributed by atoms with Crippen LogP contribution in [0.15, 0.2) is 6.07 Å². The SMILES string of the molecule is COCCCN(CCOC)c1cc(N)nc(C2CC2)n1. The third-order valence-electron chi connectivity index (χ3n) is 3.36. The van der Waals surface area contributed by atoms with Crippen molar-refractivity contribution in [3.63, 3.8) is 0 Å². The van der Waals surface area contributed by atoms with Gasteiger partial charge in [0, 0.05) is 45.9 Å². The zero-order valence-corrected chi connectivity index (χ0v) is 12.3. The maximum absolute atomic E-state index is 5.91. The van der Waals surface area contributed by atoms with Crippen LogP contribution in [0.2, 0.25) is 0 Å². The van der Waals surface area contributed by atoms with E-state index < -0.39 is 0 Å². The monoisotopic (exact) mass is 280 g/mol. The van der Waals surface area contributed by atoms with Gasteiger partial charge in [-0.25, -0.2) is 9.97 Å². The first kappa shape index (κ1) is 15.0. The summed E-state index contributed by atoms with van der Waals surface area (Å²) in [6.07, 6.45) is 3.29. The van der Waals surface area contributed by atoms with E-state index in [2.05, 4.69) is 14.9 Å². The van der Waals surface area contributed by atoms with E-state index in [1.165, 1.54) is 12.8 Å². The molecular formula is C14H24N4O2. The van der Waals surface area contributed by atoms with Gasteiger partial charge in [0.1, 0.15) is 17.5 Å². The summed E-state index contributed by atoms with van der Waals surface area (Å²) in [5, 5.41) is 0. The lowest BCUT2D eigenvalue weighted by Crippen LogP contribution is -2.30. The zero-order valence-electron chi connectivity index (χ0n) is 12.3. The normalized spacial score (nSPS) is 14.5. The maximum atomic E-state index is 5.91. The summed E-state index contributed by atoms with van der Waals surface area (Å²) in [7, 11) is 3.42. The molecule has 1 fully saturated rings. The van der Waals surface area contributed by atoms with Gasteiger partial charge in [0.05, 0.1) is 6.61 Å². The minimum absolute atomic E-state index is 0.500. The predicted molar refractivity (Wildman–Crippen MR) is 79.0 cm³/mol. The van der Waals surface area contributed by atoms with Gasteiger partial charge in [-0.05, 0) is 19.3 Å². The molecular weight excluding hydrogens is 256 g/mol. The average molecular weight is 280 g/mol. The van der Waals surface area contributed by atoms with Gasteiger partial charge < -0.3 is 20.1 Å². The molecule has 20 heavy (non-hydrogen) atoms. The second-order valence-electron chi connectivity index (χ2n) is 5.11. The fourth-order valence-electron chi connectivity index (χ4n) is 2.10. The van der Waals surface area contributed by atoms with E-state index in [0.29, 0.717) is 18.3 Å². The Balaban J connectivity index is 2.08. The van der Waals surface area contributed by atoms with Gasteiger partial charge in [-0.3, -0.25) is 0 Å². The minimum atomic E-state index is 0.500. The highest BCUT2D eigenvalue weighted by Gasteiger charge is 2.27. The summed E-state index contributed by atoms with van der Waals surface area (Å²) in [5.41, 5.74) is 5.91. The van der Waals surface area contributed by atoms with Crippen LogP contribution in [0.1, 0.15) is 31.0 Å². The molecule has 6 heteroatoms. The number of nitrogens with zero attached hydrogens (tertiary/aromatic N) is 3. The Bertz CT molecular complexity index is 424. The number of aromatic nitrogens is 2. The van der Waals surface area contributed by atoms with Gasteiger partial charge in [0.25, 0.3) is 0 Å². The van der Waals surface area contributed by atoms with E-state index >= 15 is 0 Å².